The quantitative estimate of drug-likeness (QED) is 0.808. The van der Waals surface area contributed by atoms with Gasteiger partial charge in [-0.2, -0.15) is 0 Å². The number of aromatic nitrogens is 3. The molecule has 0 aliphatic rings. The number of sulfonamides is 1. The average molecular weight is 384 g/mol. The summed E-state index contributed by atoms with van der Waals surface area (Å²) in [5.41, 5.74) is 0.851. The fourth-order valence-electron chi connectivity index (χ4n) is 1.43. The minimum atomic E-state index is -3.84. The van der Waals surface area contributed by atoms with Gasteiger partial charge in [-0.3, -0.25) is 4.57 Å². The van der Waals surface area contributed by atoms with E-state index in [9.17, 15) is 8.42 Å². The lowest BCUT2D eigenvalue weighted by atomic mass is 10.3. The highest BCUT2D eigenvalue weighted by atomic mass is 127. The molecule has 0 unspecified atom stereocenters. The molecule has 0 atom stereocenters. The van der Waals surface area contributed by atoms with Crippen molar-refractivity contribution >= 4 is 44.0 Å². The second-order valence-corrected chi connectivity index (χ2v) is 7.50. The first-order valence-corrected chi connectivity index (χ1v) is 8.14. The summed E-state index contributed by atoms with van der Waals surface area (Å²) < 4.78 is 25.2. The van der Waals surface area contributed by atoms with Crippen molar-refractivity contribution in [3.63, 3.8) is 0 Å². The van der Waals surface area contributed by atoms with E-state index in [0.717, 1.165) is 8.45 Å². The van der Waals surface area contributed by atoms with Crippen LogP contribution in [0.25, 0.3) is 11.4 Å². The SMILES string of the molecule is CCn1c(-c2csc(I)c2)nnc1S(N)(=O)=O. The van der Waals surface area contributed by atoms with E-state index in [1.807, 2.05) is 18.4 Å². The predicted octanol–water partition coefficient (Wildman–Crippen LogP) is 1.28. The third kappa shape index (κ3) is 2.51. The van der Waals surface area contributed by atoms with Crippen LogP contribution in [0.2, 0.25) is 0 Å². The van der Waals surface area contributed by atoms with Crippen molar-refractivity contribution in [2.24, 2.45) is 5.14 Å². The molecule has 0 radical (unpaired) electrons. The van der Waals surface area contributed by atoms with Gasteiger partial charge < -0.3 is 0 Å². The van der Waals surface area contributed by atoms with Crippen LogP contribution in [-0.4, -0.2) is 23.2 Å². The van der Waals surface area contributed by atoms with Crippen LogP contribution in [0.4, 0.5) is 0 Å². The number of halogens is 1. The van der Waals surface area contributed by atoms with Crippen LogP contribution < -0.4 is 5.14 Å². The van der Waals surface area contributed by atoms with Gasteiger partial charge in [0.25, 0.3) is 15.2 Å². The van der Waals surface area contributed by atoms with Gasteiger partial charge in [0.05, 0.1) is 2.88 Å². The summed E-state index contributed by atoms with van der Waals surface area (Å²) in [5, 5.41) is 14.3. The Labute approximate surface area is 116 Å². The number of nitrogens with two attached hydrogens (primary N) is 1. The summed E-state index contributed by atoms with van der Waals surface area (Å²) >= 11 is 3.75. The molecule has 0 aromatic carbocycles. The second-order valence-electron chi connectivity index (χ2n) is 3.23. The van der Waals surface area contributed by atoms with Crippen LogP contribution in [0.1, 0.15) is 6.92 Å². The molecule has 0 saturated carbocycles. The zero-order valence-corrected chi connectivity index (χ0v) is 12.6. The number of nitrogens with zero attached hydrogens (tertiary/aromatic N) is 3. The normalized spacial score (nSPS) is 11.9. The Balaban J connectivity index is 2.61. The van der Waals surface area contributed by atoms with Gasteiger partial charge in [0, 0.05) is 17.5 Å². The van der Waals surface area contributed by atoms with Crippen molar-refractivity contribution in [2.45, 2.75) is 18.6 Å². The van der Waals surface area contributed by atoms with Crippen molar-refractivity contribution in [1.29, 1.82) is 0 Å². The maximum Gasteiger partial charge on any atom is 0.273 e. The topological polar surface area (TPSA) is 90.9 Å². The molecule has 92 valence electrons. The van der Waals surface area contributed by atoms with E-state index in [4.69, 9.17) is 5.14 Å². The fourth-order valence-corrected chi connectivity index (χ4v) is 3.43. The monoisotopic (exact) mass is 384 g/mol. The fraction of sp³-hybridized carbons (Fsp3) is 0.250. The molecule has 0 bridgehead atoms. The van der Waals surface area contributed by atoms with Crippen LogP contribution in [-0.2, 0) is 16.6 Å². The van der Waals surface area contributed by atoms with Crippen molar-refractivity contribution in [2.75, 3.05) is 0 Å². The molecule has 0 saturated heterocycles. The molecule has 2 rings (SSSR count). The predicted molar refractivity (Wildman–Crippen MR) is 73.1 cm³/mol. The Morgan fingerprint density at radius 2 is 2.24 bits per heavy atom. The van der Waals surface area contributed by atoms with Gasteiger partial charge in [-0.15, -0.1) is 21.5 Å². The zero-order chi connectivity index (χ0) is 12.6. The van der Waals surface area contributed by atoms with Crippen molar-refractivity contribution in [1.82, 2.24) is 14.8 Å². The number of primary sulfonamides is 1. The summed E-state index contributed by atoms with van der Waals surface area (Å²) in [6.45, 7) is 2.26. The van der Waals surface area contributed by atoms with Crippen LogP contribution in [0.3, 0.4) is 0 Å². The third-order valence-corrected chi connectivity index (χ3v) is 4.71. The molecule has 2 heterocycles. The Hall–Kier alpha value is -0.520. The molecule has 0 fully saturated rings. The highest BCUT2D eigenvalue weighted by molar-refractivity contribution is 14.1. The van der Waals surface area contributed by atoms with Gasteiger partial charge in [0.15, 0.2) is 5.82 Å². The first-order valence-electron chi connectivity index (χ1n) is 4.64. The molecule has 6 nitrogen and oxygen atoms in total. The van der Waals surface area contributed by atoms with Crippen molar-refractivity contribution in [3.8, 4) is 11.4 Å². The maximum absolute atomic E-state index is 11.3. The minimum absolute atomic E-state index is 0.198. The van der Waals surface area contributed by atoms with E-state index < -0.39 is 10.0 Å². The first kappa shape index (κ1) is 12.9. The molecule has 2 N–H and O–H groups in total. The van der Waals surface area contributed by atoms with Crippen LogP contribution in [0, 0.1) is 2.88 Å². The molecule has 0 amide bonds. The Bertz CT molecular complexity index is 646. The Morgan fingerprint density at radius 1 is 1.53 bits per heavy atom. The lowest BCUT2D eigenvalue weighted by molar-refractivity contribution is 0.571. The molecule has 17 heavy (non-hydrogen) atoms. The van der Waals surface area contributed by atoms with Crippen molar-refractivity contribution in [3.05, 3.63) is 14.3 Å². The van der Waals surface area contributed by atoms with Crippen LogP contribution in [0.5, 0.6) is 0 Å². The summed E-state index contributed by atoms with van der Waals surface area (Å²) in [7, 11) is -3.84. The largest absolute Gasteiger partial charge is 0.297 e. The number of rotatable bonds is 3. The molecule has 0 aliphatic heterocycles. The molecule has 2 aromatic rings. The van der Waals surface area contributed by atoms with E-state index in [1.54, 1.807) is 11.3 Å². The molecule has 0 aliphatic carbocycles. The summed E-state index contributed by atoms with van der Waals surface area (Å²) in [4.78, 5) is 0. The summed E-state index contributed by atoms with van der Waals surface area (Å²) in [6.07, 6.45) is 0. The molecule has 2 aromatic heterocycles. The zero-order valence-electron chi connectivity index (χ0n) is 8.79. The lowest BCUT2D eigenvalue weighted by Gasteiger charge is -2.04. The first-order chi connectivity index (χ1) is 7.93. The standard InChI is InChI=1S/C8H9IN4O2S2/c1-2-13-7(5-3-6(9)16-4-5)11-12-8(13)17(10,14)15/h3-4H,2H2,1H3,(H2,10,14,15). The number of hydrogen-bond donors (Lipinski definition) is 1. The average Bonchev–Trinajstić information content (AvgIpc) is 2.81. The van der Waals surface area contributed by atoms with Gasteiger partial charge in [-0.25, -0.2) is 13.6 Å². The Kier molecular flexibility index (Phi) is 3.52. The van der Waals surface area contributed by atoms with Gasteiger partial charge in [0.2, 0.25) is 0 Å². The molecular weight excluding hydrogens is 375 g/mol. The van der Waals surface area contributed by atoms with Gasteiger partial charge in [0.1, 0.15) is 0 Å². The van der Waals surface area contributed by atoms with E-state index >= 15 is 0 Å². The molecule has 9 heteroatoms. The summed E-state index contributed by atoms with van der Waals surface area (Å²) in [5.74, 6) is 0.524. The van der Waals surface area contributed by atoms with Gasteiger partial charge >= 0.3 is 0 Å². The second kappa shape index (κ2) is 4.63. The molecular formula is C8H9IN4O2S2. The smallest absolute Gasteiger partial charge is 0.273 e. The summed E-state index contributed by atoms with van der Waals surface area (Å²) in [6, 6.07) is 1.92. The number of thiophene rings is 1. The van der Waals surface area contributed by atoms with E-state index in [1.165, 1.54) is 4.57 Å². The van der Waals surface area contributed by atoms with Crippen molar-refractivity contribution < 1.29 is 8.42 Å². The third-order valence-electron chi connectivity index (χ3n) is 2.11. The van der Waals surface area contributed by atoms with Crippen LogP contribution in [0.15, 0.2) is 16.6 Å². The van der Waals surface area contributed by atoms with Crippen LogP contribution >= 0.6 is 33.9 Å². The van der Waals surface area contributed by atoms with Gasteiger partial charge in [-0.05, 0) is 35.6 Å². The highest BCUT2D eigenvalue weighted by Crippen LogP contribution is 2.26. The number of hydrogen-bond acceptors (Lipinski definition) is 5. The Morgan fingerprint density at radius 3 is 2.71 bits per heavy atom. The van der Waals surface area contributed by atoms with E-state index in [0.29, 0.717) is 12.4 Å². The molecule has 0 spiro atoms. The highest BCUT2D eigenvalue weighted by Gasteiger charge is 2.21. The minimum Gasteiger partial charge on any atom is -0.297 e. The maximum atomic E-state index is 11.3. The lowest BCUT2D eigenvalue weighted by Crippen LogP contribution is -2.18. The van der Waals surface area contributed by atoms with E-state index in [2.05, 4.69) is 32.8 Å². The van der Waals surface area contributed by atoms with E-state index in [-0.39, 0.29) is 5.16 Å². The van der Waals surface area contributed by atoms with Gasteiger partial charge in [-0.1, -0.05) is 0 Å².